The van der Waals surface area contributed by atoms with Gasteiger partial charge >= 0.3 is 0 Å². The number of thiazole rings is 1. The molecule has 1 N–H and O–H groups in total. The maximum Gasteiger partial charge on any atom is 0.245 e. The molecule has 1 unspecified atom stereocenters. The minimum atomic E-state index is -0.601. The number of hydrogen-bond donors (Lipinski definition) is 1. The zero-order valence-electron chi connectivity index (χ0n) is 10.9. The van der Waals surface area contributed by atoms with E-state index in [1.54, 1.807) is 18.0 Å². The van der Waals surface area contributed by atoms with E-state index in [1.165, 1.54) is 11.3 Å². The van der Waals surface area contributed by atoms with E-state index in [0.29, 0.717) is 5.13 Å². The van der Waals surface area contributed by atoms with Gasteiger partial charge in [0.1, 0.15) is 11.9 Å². The van der Waals surface area contributed by atoms with Crippen molar-refractivity contribution in [3.63, 3.8) is 0 Å². The topological polar surface area (TPSA) is 62.3 Å². The minimum absolute atomic E-state index is 0.0409. The van der Waals surface area contributed by atoms with Crippen molar-refractivity contribution in [3.05, 3.63) is 11.1 Å². The summed E-state index contributed by atoms with van der Waals surface area (Å²) in [7, 11) is 0. The Kier molecular flexibility index (Phi) is 4.42. The SMILES string of the molecule is Cc1cnc(NC(=O)CN(C(=O)C(C)Cl)C2CC2)s1. The molecule has 2 amide bonds. The lowest BCUT2D eigenvalue weighted by molar-refractivity contribution is -0.134. The number of carbonyl (C=O) groups is 2. The van der Waals surface area contributed by atoms with Gasteiger partial charge < -0.3 is 10.2 Å². The molecule has 0 spiro atoms. The van der Waals surface area contributed by atoms with Gasteiger partial charge in [-0.15, -0.1) is 22.9 Å². The van der Waals surface area contributed by atoms with Crippen LogP contribution in [0.15, 0.2) is 6.20 Å². The molecule has 0 aromatic carbocycles. The lowest BCUT2D eigenvalue weighted by Gasteiger charge is -2.22. The number of aryl methyl sites for hydroxylation is 1. The fraction of sp³-hybridized carbons (Fsp3) is 0.583. The number of halogens is 1. The molecule has 1 aliphatic carbocycles. The van der Waals surface area contributed by atoms with E-state index in [-0.39, 0.29) is 24.4 Å². The molecule has 104 valence electrons. The van der Waals surface area contributed by atoms with E-state index in [1.807, 2.05) is 6.92 Å². The number of rotatable bonds is 5. The zero-order chi connectivity index (χ0) is 14.0. The number of carbonyl (C=O) groups excluding carboxylic acids is 2. The largest absolute Gasteiger partial charge is 0.329 e. The first-order valence-electron chi connectivity index (χ1n) is 6.14. The summed E-state index contributed by atoms with van der Waals surface area (Å²) in [6.45, 7) is 3.59. The van der Waals surface area contributed by atoms with Crippen LogP contribution in [0.1, 0.15) is 24.6 Å². The highest BCUT2D eigenvalue weighted by atomic mass is 35.5. The van der Waals surface area contributed by atoms with Gasteiger partial charge in [0, 0.05) is 17.1 Å². The summed E-state index contributed by atoms with van der Waals surface area (Å²) in [5.41, 5.74) is 0. The van der Waals surface area contributed by atoms with Crippen LogP contribution >= 0.6 is 22.9 Å². The number of nitrogens with zero attached hydrogens (tertiary/aromatic N) is 2. The Labute approximate surface area is 121 Å². The molecule has 2 rings (SSSR count). The molecule has 1 fully saturated rings. The van der Waals surface area contributed by atoms with Crippen LogP contribution in [0.2, 0.25) is 0 Å². The lowest BCUT2D eigenvalue weighted by Crippen LogP contribution is -2.42. The summed E-state index contributed by atoms with van der Waals surface area (Å²) in [6.07, 6.45) is 3.59. The Morgan fingerprint density at radius 2 is 2.32 bits per heavy atom. The van der Waals surface area contributed by atoms with Crippen molar-refractivity contribution in [2.24, 2.45) is 0 Å². The van der Waals surface area contributed by atoms with Crippen molar-refractivity contribution in [1.82, 2.24) is 9.88 Å². The predicted molar refractivity (Wildman–Crippen MR) is 75.5 cm³/mol. The second-order valence-electron chi connectivity index (χ2n) is 4.64. The van der Waals surface area contributed by atoms with E-state index in [4.69, 9.17) is 11.6 Å². The van der Waals surface area contributed by atoms with Crippen molar-refractivity contribution in [1.29, 1.82) is 0 Å². The van der Waals surface area contributed by atoms with Gasteiger partial charge in [0.15, 0.2) is 5.13 Å². The quantitative estimate of drug-likeness (QED) is 0.846. The summed E-state index contributed by atoms with van der Waals surface area (Å²) in [5.74, 6) is -0.415. The van der Waals surface area contributed by atoms with E-state index >= 15 is 0 Å². The lowest BCUT2D eigenvalue weighted by atomic mass is 10.3. The highest BCUT2D eigenvalue weighted by Gasteiger charge is 2.35. The first-order valence-corrected chi connectivity index (χ1v) is 7.39. The van der Waals surface area contributed by atoms with Gasteiger partial charge in [-0.3, -0.25) is 9.59 Å². The number of aromatic nitrogens is 1. The molecule has 0 bridgehead atoms. The number of amides is 2. The van der Waals surface area contributed by atoms with Gasteiger partial charge in [0.25, 0.3) is 0 Å². The first-order chi connectivity index (χ1) is 8.97. The fourth-order valence-corrected chi connectivity index (χ4v) is 2.53. The smallest absolute Gasteiger partial charge is 0.245 e. The van der Waals surface area contributed by atoms with Gasteiger partial charge in [-0.25, -0.2) is 4.98 Å². The molecular weight excluding hydrogens is 286 g/mol. The Balaban J connectivity index is 1.93. The third-order valence-electron chi connectivity index (χ3n) is 2.79. The Morgan fingerprint density at radius 1 is 1.63 bits per heavy atom. The zero-order valence-corrected chi connectivity index (χ0v) is 12.4. The summed E-state index contributed by atoms with van der Waals surface area (Å²) >= 11 is 7.22. The maximum absolute atomic E-state index is 11.9. The fourth-order valence-electron chi connectivity index (χ4n) is 1.73. The van der Waals surface area contributed by atoms with Crippen LogP contribution in [-0.2, 0) is 9.59 Å². The Hall–Kier alpha value is -1.14. The van der Waals surface area contributed by atoms with Crippen LogP contribution in [0.25, 0.3) is 0 Å². The summed E-state index contributed by atoms with van der Waals surface area (Å²) in [6, 6.07) is 0.164. The predicted octanol–water partition coefficient (Wildman–Crippen LogP) is 2.01. The molecule has 1 aliphatic rings. The second kappa shape index (κ2) is 5.88. The second-order valence-corrected chi connectivity index (χ2v) is 6.53. The van der Waals surface area contributed by atoms with Gasteiger partial charge in [-0.05, 0) is 26.7 Å². The molecule has 19 heavy (non-hydrogen) atoms. The van der Waals surface area contributed by atoms with Gasteiger partial charge in [0.05, 0.1) is 0 Å². The van der Waals surface area contributed by atoms with Crippen molar-refractivity contribution in [2.45, 2.75) is 38.1 Å². The number of nitrogens with one attached hydrogen (secondary N) is 1. The van der Waals surface area contributed by atoms with Crippen LogP contribution < -0.4 is 5.32 Å². The first kappa shape index (κ1) is 14.3. The van der Waals surface area contributed by atoms with Crippen LogP contribution in [0.3, 0.4) is 0 Å². The van der Waals surface area contributed by atoms with E-state index in [9.17, 15) is 9.59 Å². The summed E-state index contributed by atoms with van der Waals surface area (Å²) < 4.78 is 0. The number of hydrogen-bond acceptors (Lipinski definition) is 4. The molecule has 0 saturated heterocycles. The van der Waals surface area contributed by atoms with Crippen LogP contribution in [0, 0.1) is 6.92 Å². The Morgan fingerprint density at radius 3 is 2.79 bits per heavy atom. The van der Waals surface area contributed by atoms with Crippen molar-refractivity contribution < 1.29 is 9.59 Å². The van der Waals surface area contributed by atoms with E-state index in [2.05, 4.69) is 10.3 Å². The van der Waals surface area contributed by atoms with Crippen LogP contribution in [0.5, 0.6) is 0 Å². The molecule has 0 radical (unpaired) electrons. The third kappa shape index (κ3) is 3.91. The molecule has 0 aliphatic heterocycles. The molecule has 5 nitrogen and oxygen atoms in total. The maximum atomic E-state index is 11.9. The molecule has 1 saturated carbocycles. The van der Waals surface area contributed by atoms with Gasteiger partial charge in [-0.1, -0.05) is 0 Å². The highest BCUT2D eigenvalue weighted by molar-refractivity contribution is 7.15. The minimum Gasteiger partial charge on any atom is -0.329 e. The molecular formula is C12H16ClN3O2S. The summed E-state index contributed by atoms with van der Waals surface area (Å²) in [5, 5.41) is 2.66. The normalized spacial score (nSPS) is 15.9. The molecule has 1 aromatic rings. The monoisotopic (exact) mass is 301 g/mol. The highest BCUT2D eigenvalue weighted by Crippen LogP contribution is 2.28. The molecule has 7 heteroatoms. The molecule has 1 aromatic heterocycles. The van der Waals surface area contributed by atoms with Crippen LogP contribution in [-0.4, -0.2) is 39.7 Å². The van der Waals surface area contributed by atoms with E-state index in [0.717, 1.165) is 17.7 Å². The standard InChI is InChI=1S/C12H16ClN3O2S/c1-7-5-14-12(19-7)15-10(17)6-16(9-3-4-9)11(18)8(2)13/h5,8-9H,3-4,6H2,1-2H3,(H,14,15,17). The van der Waals surface area contributed by atoms with Crippen molar-refractivity contribution in [3.8, 4) is 0 Å². The van der Waals surface area contributed by atoms with Crippen LogP contribution in [0.4, 0.5) is 5.13 Å². The average molecular weight is 302 g/mol. The Bertz CT molecular complexity index is 485. The average Bonchev–Trinajstić information content (AvgIpc) is 3.10. The number of anilines is 1. The van der Waals surface area contributed by atoms with E-state index < -0.39 is 5.38 Å². The molecule has 1 heterocycles. The number of alkyl halides is 1. The third-order valence-corrected chi connectivity index (χ3v) is 3.81. The van der Waals surface area contributed by atoms with Crippen molar-refractivity contribution in [2.75, 3.05) is 11.9 Å². The van der Waals surface area contributed by atoms with Gasteiger partial charge in [-0.2, -0.15) is 0 Å². The van der Waals surface area contributed by atoms with Crippen molar-refractivity contribution >= 4 is 39.9 Å². The van der Waals surface area contributed by atoms with Gasteiger partial charge in [0.2, 0.25) is 11.8 Å². The molecule has 1 atom stereocenters. The summed E-state index contributed by atoms with van der Waals surface area (Å²) in [4.78, 5) is 30.5.